The summed E-state index contributed by atoms with van der Waals surface area (Å²) < 4.78 is 30.7. The second kappa shape index (κ2) is 9.27. The third-order valence-electron chi connectivity index (χ3n) is 4.07. The van der Waals surface area contributed by atoms with Crippen LogP contribution in [0.15, 0.2) is 53.5 Å². The maximum atomic E-state index is 12.1. The minimum absolute atomic E-state index is 0. The summed E-state index contributed by atoms with van der Waals surface area (Å²) in [5.74, 6) is 1.20. The van der Waals surface area contributed by atoms with Gasteiger partial charge in [0.2, 0.25) is 10.0 Å². The van der Waals surface area contributed by atoms with Crippen LogP contribution >= 0.6 is 24.0 Å². The molecule has 146 valence electrons. The highest BCUT2D eigenvalue weighted by atomic mass is 127. The quantitative estimate of drug-likeness (QED) is 0.373. The van der Waals surface area contributed by atoms with Gasteiger partial charge < -0.3 is 15.8 Å². The first kappa shape index (κ1) is 21.3. The zero-order chi connectivity index (χ0) is 18.6. The average Bonchev–Trinajstić information content (AvgIpc) is 2.99. The van der Waals surface area contributed by atoms with Gasteiger partial charge in [-0.3, -0.25) is 4.31 Å². The van der Waals surface area contributed by atoms with Crippen molar-refractivity contribution in [1.82, 2.24) is 0 Å². The van der Waals surface area contributed by atoms with E-state index in [1.807, 2.05) is 42.5 Å². The summed E-state index contributed by atoms with van der Waals surface area (Å²) in [7, 11) is -1.59. The van der Waals surface area contributed by atoms with Crippen molar-refractivity contribution >= 4 is 51.3 Å². The zero-order valence-corrected chi connectivity index (χ0v) is 18.1. The fourth-order valence-corrected chi connectivity index (χ4v) is 4.36. The van der Waals surface area contributed by atoms with Crippen LogP contribution < -0.4 is 20.1 Å². The van der Waals surface area contributed by atoms with Gasteiger partial charge in [-0.2, -0.15) is 0 Å². The lowest BCUT2D eigenvalue weighted by atomic mass is 10.2. The van der Waals surface area contributed by atoms with Gasteiger partial charge in [0.1, 0.15) is 5.75 Å². The number of sulfonamides is 1. The molecule has 1 aliphatic heterocycles. The normalized spacial score (nSPS) is 15.9. The molecule has 2 aromatic carbocycles. The van der Waals surface area contributed by atoms with Crippen LogP contribution in [0.4, 0.5) is 11.4 Å². The van der Waals surface area contributed by atoms with Crippen LogP contribution in [0.2, 0.25) is 0 Å². The van der Waals surface area contributed by atoms with Crippen LogP contribution in [0.25, 0.3) is 0 Å². The van der Waals surface area contributed by atoms with Gasteiger partial charge in [-0.25, -0.2) is 13.4 Å². The van der Waals surface area contributed by atoms with Crippen molar-refractivity contribution in [2.45, 2.75) is 13.0 Å². The third-order valence-corrected chi connectivity index (χ3v) is 5.94. The molecule has 1 aliphatic rings. The summed E-state index contributed by atoms with van der Waals surface area (Å²) in [6.07, 6.45) is 0.655. The molecule has 7 nitrogen and oxygen atoms in total. The molecule has 3 rings (SSSR count). The van der Waals surface area contributed by atoms with Crippen molar-refractivity contribution in [1.29, 1.82) is 0 Å². The van der Waals surface area contributed by atoms with E-state index in [-0.39, 0.29) is 35.7 Å². The molecule has 27 heavy (non-hydrogen) atoms. The van der Waals surface area contributed by atoms with Crippen molar-refractivity contribution < 1.29 is 13.2 Å². The Hall–Kier alpha value is -2.01. The topological polar surface area (TPSA) is 97.0 Å². The summed E-state index contributed by atoms with van der Waals surface area (Å²) in [6.45, 7) is 0.874. The Balaban J connectivity index is 0.00000261. The summed E-state index contributed by atoms with van der Waals surface area (Å²) in [5.41, 5.74) is 8.28. The Kier molecular flexibility index (Phi) is 7.31. The number of halogens is 1. The standard InChI is InChI=1S/C18H22N4O3S.HI/c1-25-17-8-3-6-15(12-17)21-18(19)20-13-14-5-2-7-16(11-14)22-9-4-10-26(22,23)24;/h2-3,5-8,11-12H,4,9-10,13H2,1H3,(H3,19,20,21);1H. The Morgan fingerprint density at radius 3 is 2.74 bits per heavy atom. The number of benzene rings is 2. The largest absolute Gasteiger partial charge is 0.497 e. The summed E-state index contributed by atoms with van der Waals surface area (Å²) >= 11 is 0. The van der Waals surface area contributed by atoms with Crippen LogP contribution in [-0.2, 0) is 16.6 Å². The zero-order valence-electron chi connectivity index (χ0n) is 15.0. The molecule has 3 N–H and O–H groups in total. The Bertz CT molecular complexity index is 918. The first-order valence-corrected chi connectivity index (χ1v) is 9.89. The summed E-state index contributed by atoms with van der Waals surface area (Å²) in [5, 5.41) is 3.01. The van der Waals surface area contributed by atoms with Gasteiger partial charge in [0, 0.05) is 18.3 Å². The van der Waals surface area contributed by atoms with E-state index in [1.54, 1.807) is 13.2 Å². The molecule has 0 saturated carbocycles. The predicted octanol–water partition coefficient (Wildman–Crippen LogP) is 2.78. The van der Waals surface area contributed by atoms with Gasteiger partial charge in [0.15, 0.2) is 5.96 Å². The van der Waals surface area contributed by atoms with Crippen molar-refractivity contribution in [3.05, 3.63) is 54.1 Å². The molecule has 1 saturated heterocycles. The molecule has 1 fully saturated rings. The number of rotatable bonds is 5. The highest BCUT2D eigenvalue weighted by Crippen LogP contribution is 2.25. The number of hydrogen-bond acceptors (Lipinski definition) is 4. The number of ether oxygens (including phenoxy) is 1. The Morgan fingerprint density at radius 1 is 1.26 bits per heavy atom. The van der Waals surface area contributed by atoms with Crippen molar-refractivity contribution in [2.24, 2.45) is 10.7 Å². The molecule has 2 aromatic rings. The van der Waals surface area contributed by atoms with Crippen LogP contribution in [0.3, 0.4) is 0 Å². The minimum atomic E-state index is -3.19. The average molecular weight is 502 g/mol. The van der Waals surface area contributed by atoms with E-state index in [9.17, 15) is 8.42 Å². The van der Waals surface area contributed by atoms with E-state index in [0.29, 0.717) is 25.2 Å². The molecule has 0 bridgehead atoms. The van der Waals surface area contributed by atoms with Gasteiger partial charge in [0.25, 0.3) is 0 Å². The number of aliphatic imine (C=N–C) groups is 1. The molecular formula is C18H23IN4O3S. The summed E-state index contributed by atoms with van der Waals surface area (Å²) in [6, 6.07) is 14.8. The van der Waals surface area contributed by atoms with Crippen molar-refractivity contribution in [2.75, 3.05) is 29.0 Å². The second-order valence-electron chi connectivity index (χ2n) is 5.97. The predicted molar refractivity (Wildman–Crippen MR) is 120 cm³/mol. The fourth-order valence-electron chi connectivity index (χ4n) is 2.80. The van der Waals surface area contributed by atoms with Gasteiger partial charge in [0.05, 0.1) is 25.1 Å². The fraction of sp³-hybridized carbons (Fsp3) is 0.278. The molecule has 0 atom stereocenters. The first-order valence-electron chi connectivity index (χ1n) is 8.28. The molecule has 0 radical (unpaired) electrons. The molecule has 9 heteroatoms. The second-order valence-corrected chi connectivity index (χ2v) is 7.98. The lowest BCUT2D eigenvalue weighted by Gasteiger charge is -2.17. The number of anilines is 2. The highest BCUT2D eigenvalue weighted by molar-refractivity contribution is 14.0. The highest BCUT2D eigenvalue weighted by Gasteiger charge is 2.28. The van der Waals surface area contributed by atoms with Crippen LogP contribution in [0, 0.1) is 0 Å². The SMILES string of the molecule is COc1cccc(NC(N)=NCc2cccc(N3CCCS3(=O)=O)c2)c1.I. The number of guanidine groups is 1. The van der Waals surface area contributed by atoms with Gasteiger partial charge in [-0.05, 0) is 36.2 Å². The lowest BCUT2D eigenvalue weighted by Crippen LogP contribution is -2.25. The van der Waals surface area contributed by atoms with Crippen molar-refractivity contribution in [3.8, 4) is 5.75 Å². The van der Waals surface area contributed by atoms with Crippen LogP contribution in [0.1, 0.15) is 12.0 Å². The van der Waals surface area contributed by atoms with E-state index in [4.69, 9.17) is 10.5 Å². The number of methoxy groups -OCH3 is 1. The van der Waals surface area contributed by atoms with Crippen LogP contribution in [-0.4, -0.2) is 33.8 Å². The minimum Gasteiger partial charge on any atom is -0.497 e. The van der Waals surface area contributed by atoms with E-state index in [0.717, 1.165) is 17.0 Å². The monoisotopic (exact) mass is 502 g/mol. The molecular weight excluding hydrogens is 479 g/mol. The van der Waals surface area contributed by atoms with Gasteiger partial charge in [-0.1, -0.05) is 18.2 Å². The van der Waals surface area contributed by atoms with Crippen LogP contribution in [0.5, 0.6) is 5.75 Å². The number of hydrogen-bond donors (Lipinski definition) is 2. The molecule has 0 unspecified atom stereocenters. The molecule has 0 aromatic heterocycles. The van der Waals surface area contributed by atoms with Gasteiger partial charge >= 0.3 is 0 Å². The summed E-state index contributed by atoms with van der Waals surface area (Å²) in [4.78, 5) is 4.32. The third kappa shape index (κ3) is 5.48. The smallest absolute Gasteiger partial charge is 0.235 e. The van der Waals surface area contributed by atoms with Crippen molar-refractivity contribution in [3.63, 3.8) is 0 Å². The van der Waals surface area contributed by atoms with E-state index in [1.165, 1.54) is 4.31 Å². The van der Waals surface area contributed by atoms with E-state index in [2.05, 4.69) is 10.3 Å². The van der Waals surface area contributed by atoms with E-state index >= 15 is 0 Å². The number of nitrogens with two attached hydrogens (primary N) is 1. The van der Waals surface area contributed by atoms with E-state index < -0.39 is 10.0 Å². The Morgan fingerprint density at radius 2 is 2.04 bits per heavy atom. The maximum absolute atomic E-state index is 12.1. The maximum Gasteiger partial charge on any atom is 0.235 e. The molecule has 1 heterocycles. The van der Waals surface area contributed by atoms with Gasteiger partial charge in [-0.15, -0.1) is 24.0 Å². The number of nitrogens with zero attached hydrogens (tertiary/aromatic N) is 2. The molecule has 0 spiro atoms. The Labute approximate surface area is 176 Å². The molecule has 0 amide bonds. The lowest BCUT2D eigenvalue weighted by molar-refractivity contribution is 0.415. The number of nitrogens with one attached hydrogen (secondary N) is 1. The molecule has 0 aliphatic carbocycles. The first-order chi connectivity index (χ1) is 12.5.